The molecule has 0 saturated carbocycles. The topological polar surface area (TPSA) is 40.6 Å². The molecule has 2 fully saturated rings. The summed E-state index contributed by atoms with van der Waals surface area (Å²) in [7, 11) is -3.01. The van der Waals surface area contributed by atoms with E-state index in [1.807, 2.05) is 0 Å². The predicted octanol–water partition coefficient (Wildman–Crippen LogP) is 2.16. The average molecular weight is 367 g/mol. The van der Waals surface area contributed by atoms with Crippen LogP contribution in [0.4, 0.5) is 0 Å². The van der Waals surface area contributed by atoms with Crippen LogP contribution in [0.1, 0.15) is 32.1 Å². The molecular weight excluding hydrogens is 340 g/mol. The molecule has 6 heteroatoms. The molecular formula is C14H27BrN2O2S. The van der Waals surface area contributed by atoms with Crippen LogP contribution in [-0.2, 0) is 10.0 Å². The Hall–Kier alpha value is 0.350. The van der Waals surface area contributed by atoms with Crippen LogP contribution in [0, 0.1) is 11.8 Å². The lowest BCUT2D eigenvalue weighted by Crippen LogP contribution is -2.45. The Labute approximate surface area is 132 Å². The van der Waals surface area contributed by atoms with Crippen molar-refractivity contribution in [3.05, 3.63) is 0 Å². The number of hydrogen-bond donors (Lipinski definition) is 0. The van der Waals surface area contributed by atoms with Gasteiger partial charge in [-0.25, -0.2) is 12.7 Å². The number of alkyl halides is 1. The second-order valence-electron chi connectivity index (χ2n) is 6.37. The Balaban J connectivity index is 1.83. The van der Waals surface area contributed by atoms with Crippen molar-refractivity contribution >= 4 is 26.0 Å². The molecule has 2 saturated heterocycles. The predicted molar refractivity (Wildman–Crippen MR) is 86.7 cm³/mol. The molecule has 0 bridgehead atoms. The van der Waals surface area contributed by atoms with Gasteiger partial charge in [-0.15, -0.1) is 0 Å². The zero-order valence-electron chi connectivity index (χ0n) is 12.4. The summed E-state index contributed by atoms with van der Waals surface area (Å²) < 4.78 is 25.0. The van der Waals surface area contributed by atoms with Crippen LogP contribution in [0.2, 0.25) is 0 Å². The lowest BCUT2D eigenvalue weighted by molar-refractivity contribution is 0.127. The third kappa shape index (κ3) is 4.97. The van der Waals surface area contributed by atoms with Crippen LogP contribution >= 0.6 is 15.9 Å². The molecule has 2 rings (SSSR count). The Bertz CT molecular complexity index is 400. The van der Waals surface area contributed by atoms with Crippen molar-refractivity contribution in [2.24, 2.45) is 11.8 Å². The molecule has 2 heterocycles. The number of rotatable bonds is 5. The summed E-state index contributed by atoms with van der Waals surface area (Å²) in [5, 5.41) is 1.09. The highest BCUT2D eigenvalue weighted by Crippen LogP contribution is 2.24. The highest BCUT2D eigenvalue weighted by atomic mass is 79.9. The normalized spacial score (nSPS) is 30.5. The van der Waals surface area contributed by atoms with E-state index in [-0.39, 0.29) is 0 Å². The maximum absolute atomic E-state index is 11.7. The van der Waals surface area contributed by atoms with E-state index in [2.05, 4.69) is 20.8 Å². The standard InChI is InChI=1S/C14H27BrN2O2S/c1-20(18,19)17-9-3-5-14(12-17)11-16-8-2-4-13(10-16)6-7-15/h13-14H,2-12H2,1H3. The molecule has 0 aliphatic carbocycles. The number of halogens is 1. The lowest BCUT2D eigenvalue weighted by atomic mass is 9.93. The third-order valence-electron chi connectivity index (χ3n) is 4.59. The average Bonchev–Trinajstić information content (AvgIpc) is 2.39. The maximum atomic E-state index is 11.7. The van der Waals surface area contributed by atoms with Crippen LogP contribution < -0.4 is 0 Å². The van der Waals surface area contributed by atoms with Gasteiger partial charge in [-0.1, -0.05) is 15.9 Å². The second-order valence-corrected chi connectivity index (χ2v) is 9.15. The van der Waals surface area contributed by atoms with Gasteiger partial charge in [0, 0.05) is 31.5 Å². The van der Waals surface area contributed by atoms with Crippen molar-refractivity contribution in [2.45, 2.75) is 32.1 Å². The van der Waals surface area contributed by atoms with Crippen LogP contribution in [-0.4, -0.2) is 61.9 Å². The van der Waals surface area contributed by atoms with E-state index < -0.39 is 10.0 Å². The highest BCUT2D eigenvalue weighted by molar-refractivity contribution is 9.09. The minimum absolute atomic E-state index is 0.515. The monoisotopic (exact) mass is 366 g/mol. The first-order chi connectivity index (χ1) is 9.49. The maximum Gasteiger partial charge on any atom is 0.211 e. The highest BCUT2D eigenvalue weighted by Gasteiger charge is 2.28. The van der Waals surface area contributed by atoms with E-state index in [0.29, 0.717) is 12.5 Å². The Morgan fingerprint density at radius 3 is 2.50 bits per heavy atom. The fraction of sp³-hybridized carbons (Fsp3) is 1.00. The number of hydrogen-bond acceptors (Lipinski definition) is 3. The quantitative estimate of drug-likeness (QED) is 0.700. The minimum Gasteiger partial charge on any atom is -0.303 e. The number of sulfonamides is 1. The third-order valence-corrected chi connectivity index (χ3v) is 6.32. The van der Waals surface area contributed by atoms with Crippen molar-refractivity contribution in [1.82, 2.24) is 9.21 Å². The van der Waals surface area contributed by atoms with Gasteiger partial charge in [0.1, 0.15) is 0 Å². The number of likely N-dealkylation sites (tertiary alicyclic amines) is 1. The molecule has 4 nitrogen and oxygen atoms in total. The fourth-order valence-corrected chi connectivity index (χ4v) is 5.14. The first kappa shape index (κ1) is 16.7. The molecule has 118 valence electrons. The summed E-state index contributed by atoms with van der Waals surface area (Å²) in [6.07, 6.45) is 7.42. The molecule has 0 aromatic rings. The van der Waals surface area contributed by atoms with Gasteiger partial charge in [-0.3, -0.25) is 0 Å². The largest absolute Gasteiger partial charge is 0.303 e. The van der Waals surface area contributed by atoms with Gasteiger partial charge >= 0.3 is 0 Å². The molecule has 20 heavy (non-hydrogen) atoms. The van der Waals surface area contributed by atoms with Gasteiger partial charge in [-0.2, -0.15) is 0 Å². The Kier molecular flexibility index (Phi) is 6.32. The molecule has 2 aliphatic heterocycles. The molecule has 0 radical (unpaired) electrons. The molecule has 2 aliphatic rings. The van der Waals surface area contributed by atoms with E-state index in [1.165, 1.54) is 45.0 Å². The van der Waals surface area contributed by atoms with E-state index in [9.17, 15) is 8.42 Å². The molecule has 0 amide bonds. The van der Waals surface area contributed by atoms with E-state index >= 15 is 0 Å². The van der Waals surface area contributed by atoms with Crippen LogP contribution in [0.25, 0.3) is 0 Å². The summed E-state index contributed by atoms with van der Waals surface area (Å²) in [5.74, 6) is 1.33. The molecule has 2 atom stereocenters. The second kappa shape index (κ2) is 7.56. The molecule has 2 unspecified atom stereocenters. The van der Waals surface area contributed by atoms with E-state index in [0.717, 1.165) is 30.8 Å². The minimum atomic E-state index is -3.01. The number of nitrogens with zero attached hydrogens (tertiary/aromatic N) is 2. The van der Waals surface area contributed by atoms with Crippen molar-refractivity contribution in [1.29, 1.82) is 0 Å². The van der Waals surface area contributed by atoms with Gasteiger partial charge in [-0.05, 0) is 50.5 Å². The van der Waals surface area contributed by atoms with Gasteiger partial charge in [0.25, 0.3) is 0 Å². The smallest absolute Gasteiger partial charge is 0.211 e. The summed E-state index contributed by atoms with van der Waals surface area (Å²) in [6.45, 7) is 4.89. The zero-order valence-corrected chi connectivity index (χ0v) is 14.8. The van der Waals surface area contributed by atoms with Gasteiger partial charge < -0.3 is 4.90 Å². The van der Waals surface area contributed by atoms with E-state index in [1.54, 1.807) is 4.31 Å². The zero-order chi connectivity index (χ0) is 14.6. The summed E-state index contributed by atoms with van der Waals surface area (Å²) in [5.41, 5.74) is 0. The van der Waals surface area contributed by atoms with Gasteiger partial charge in [0.05, 0.1) is 6.26 Å². The summed E-state index contributed by atoms with van der Waals surface area (Å²) in [4.78, 5) is 2.56. The van der Waals surface area contributed by atoms with Crippen LogP contribution in [0.5, 0.6) is 0 Å². The molecule has 0 aromatic heterocycles. The van der Waals surface area contributed by atoms with Crippen molar-refractivity contribution in [3.8, 4) is 0 Å². The Morgan fingerprint density at radius 1 is 1.10 bits per heavy atom. The first-order valence-corrected chi connectivity index (χ1v) is 10.7. The van der Waals surface area contributed by atoms with E-state index in [4.69, 9.17) is 0 Å². The lowest BCUT2D eigenvalue weighted by Gasteiger charge is -2.38. The molecule has 0 spiro atoms. The Morgan fingerprint density at radius 2 is 1.80 bits per heavy atom. The SMILES string of the molecule is CS(=O)(=O)N1CCCC(CN2CCCC(CCBr)C2)C1. The van der Waals surface area contributed by atoms with Crippen molar-refractivity contribution < 1.29 is 8.42 Å². The van der Waals surface area contributed by atoms with Crippen molar-refractivity contribution in [2.75, 3.05) is 44.3 Å². The van der Waals surface area contributed by atoms with Crippen LogP contribution in [0.3, 0.4) is 0 Å². The van der Waals surface area contributed by atoms with Gasteiger partial charge in [0.15, 0.2) is 0 Å². The fourth-order valence-electron chi connectivity index (χ4n) is 3.55. The first-order valence-electron chi connectivity index (χ1n) is 7.72. The van der Waals surface area contributed by atoms with Gasteiger partial charge in [0.2, 0.25) is 10.0 Å². The summed E-state index contributed by atoms with van der Waals surface area (Å²) >= 11 is 3.54. The molecule has 0 N–H and O–H groups in total. The van der Waals surface area contributed by atoms with Crippen molar-refractivity contribution in [3.63, 3.8) is 0 Å². The summed E-state index contributed by atoms with van der Waals surface area (Å²) in [6, 6.07) is 0. The molecule has 0 aromatic carbocycles. The van der Waals surface area contributed by atoms with Crippen LogP contribution in [0.15, 0.2) is 0 Å². The number of piperidine rings is 2.